The summed E-state index contributed by atoms with van der Waals surface area (Å²) in [6, 6.07) is 16.2. The van der Waals surface area contributed by atoms with Gasteiger partial charge in [0.05, 0.1) is 6.21 Å². The summed E-state index contributed by atoms with van der Waals surface area (Å²) >= 11 is 0. The second-order valence-electron chi connectivity index (χ2n) is 8.37. The fraction of sp³-hybridized carbons (Fsp3) is 0.440. The van der Waals surface area contributed by atoms with E-state index in [4.69, 9.17) is 0 Å². The van der Waals surface area contributed by atoms with E-state index in [-0.39, 0.29) is 5.91 Å². The van der Waals surface area contributed by atoms with E-state index >= 15 is 0 Å². The minimum absolute atomic E-state index is 0.180. The number of anilines is 1. The number of benzene rings is 2. The van der Waals surface area contributed by atoms with Crippen LogP contribution in [0.3, 0.4) is 0 Å². The first kappa shape index (κ1) is 20.6. The molecule has 4 rings (SSSR count). The lowest BCUT2D eigenvalue weighted by Crippen LogP contribution is -2.29. The van der Waals surface area contributed by atoms with Crippen molar-refractivity contribution in [2.45, 2.75) is 45.1 Å². The van der Waals surface area contributed by atoms with E-state index in [0.29, 0.717) is 5.56 Å². The van der Waals surface area contributed by atoms with Gasteiger partial charge in [-0.2, -0.15) is 5.10 Å². The van der Waals surface area contributed by atoms with E-state index < -0.39 is 0 Å². The summed E-state index contributed by atoms with van der Waals surface area (Å²) in [6.07, 6.45) is 9.51. The fourth-order valence-corrected chi connectivity index (χ4v) is 4.29. The minimum atomic E-state index is -0.180. The Morgan fingerprint density at radius 1 is 0.833 bits per heavy atom. The third-order valence-corrected chi connectivity index (χ3v) is 6.07. The number of hydrogen-bond donors (Lipinski definition) is 1. The van der Waals surface area contributed by atoms with Crippen LogP contribution in [-0.2, 0) is 6.54 Å². The molecule has 0 unspecified atom stereocenters. The normalized spacial score (nSPS) is 17.9. The van der Waals surface area contributed by atoms with Crippen LogP contribution in [0, 0.1) is 0 Å². The Labute approximate surface area is 179 Å². The molecule has 2 aliphatic heterocycles. The minimum Gasteiger partial charge on any atom is -0.372 e. The van der Waals surface area contributed by atoms with Crippen molar-refractivity contribution in [3.8, 4) is 0 Å². The molecule has 0 spiro atoms. The first-order chi connectivity index (χ1) is 14.8. The lowest BCUT2D eigenvalue weighted by molar-refractivity contribution is 0.0955. The van der Waals surface area contributed by atoms with Gasteiger partial charge in [0.25, 0.3) is 5.91 Å². The van der Waals surface area contributed by atoms with E-state index in [9.17, 15) is 4.79 Å². The molecule has 0 aromatic heterocycles. The third kappa shape index (κ3) is 5.70. The van der Waals surface area contributed by atoms with Crippen molar-refractivity contribution in [1.29, 1.82) is 0 Å². The lowest BCUT2D eigenvalue weighted by atomic mass is 10.1. The van der Waals surface area contributed by atoms with Crippen LogP contribution in [0.25, 0.3) is 0 Å². The van der Waals surface area contributed by atoms with Gasteiger partial charge in [0.2, 0.25) is 0 Å². The highest BCUT2D eigenvalue weighted by Crippen LogP contribution is 2.19. The third-order valence-electron chi connectivity index (χ3n) is 6.07. The highest BCUT2D eigenvalue weighted by molar-refractivity contribution is 5.94. The van der Waals surface area contributed by atoms with Crippen molar-refractivity contribution < 1.29 is 4.79 Å². The molecule has 0 saturated carbocycles. The average Bonchev–Trinajstić information content (AvgIpc) is 2.81. The van der Waals surface area contributed by atoms with Crippen molar-refractivity contribution in [3.05, 3.63) is 65.2 Å². The van der Waals surface area contributed by atoms with Crippen molar-refractivity contribution >= 4 is 17.8 Å². The fourth-order valence-electron chi connectivity index (χ4n) is 4.29. The van der Waals surface area contributed by atoms with Gasteiger partial charge in [0.15, 0.2) is 0 Å². The maximum Gasteiger partial charge on any atom is 0.271 e. The van der Waals surface area contributed by atoms with Gasteiger partial charge in [-0.3, -0.25) is 9.69 Å². The molecule has 5 heteroatoms. The van der Waals surface area contributed by atoms with Gasteiger partial charge in [-0.25, -0.2) is 5.43 Å². The molecule has 158 valence electrons. The monoisotopic (exact) mass is 404 g/mol. The van der Waals surface area contributed by atoms with Crippen molar-refractivity contribution in [2.24, 2.45) is 5.10 Å². The topological polar surface area (TPSA) is 47.9 Å². The summed E-state index contributed by atoms with van der Waals surface area (Å²) in [6.45, 7) is 5.60. The van der Waals surface area contributed by atoms with Crippen LogP contribution >= 0.6 is 0 Å². The van der Waals surface area contributed by atoms with Gasteiger partial charge in [0, 0.05) is 30.9 Å². The van der Waals surface area contributed by atoms with Crippen molar-refractivity contribution in [3.63, 3.8) is 0 Å². The zero-order chi connectivity index (χ0) is 20.6. The summed E-state index contributed by atoms with van der Waals surface area (Å²) in [5, 5.41) is 4.13. The molecule has 0 aliphatic carbocycles. The van der Waals surface area contributed by atoms with Crippen LogP contribution in [-0.4, -0.2) is 43.2 Å². The Balaban J connectivity index is 1.26. The van der Waals surface area contributed by atoms with Crippen LogP contribution in [0.5, 0.6) is 0 Å². The molecular weight excluding hydrogens is 372 g/mol. The Hall–Kier alpha value is -2.66. The van der Waals surface area contributed by atoms with E-state index in [1.54, 1.807) is 6.21 Å². The molecule has 1 N–H and O–H groups in total. The van der Waals surface area contributed by atoms with E-state index in [1.165, 1.54) is 62.9 Å². The van der Waals surface area contributed by atoms with Gasteiger partial charge >= 0.3 is 0 Å². The number of hydrazone groups is 1. The molecule has 2 fully saturated rings. The molecule has 2 aliphatic rings. The molecule has 0 radical (unpaired) electrons. The van der Waals surface area contributed by atoms with Crippen LogP contribution in [0.4, 0.5) is 5.69 Å². The first-order valence-electron chi connectivity index (χ1n) is 11.3. The van der Waals surface area contributed by atoms with Crippen LogP contribution in [0.2, 0.25) is 0 Å². The van der Waals surface area contributed by atoms with Gasteiger partial charge in [-0.1, -0.05) is 30.7 Å². The zero-order valence-electron chi connectivity index (χ0n) is 17.7. The summed E-state index contributed by atoms with van der Waals surface area (Å²) in [5.41, 5.74) is 6.77. The second kappa shape index (κ2) is 10.4. The molecule has 1 amide bonds. The maximum atomic E-state index is 12.4. The highest BCUT2D eigenvalue weighted by Gasteiger charge is 2.12. The number of piperidine rings is 2. The quantitative estimate of drug-likeness (QED) is 0.572. The number of carbonyl (C=O) groups excluding carboxylic acids is 1. The van der Waals surface area contributed by atoms with Gasteiger partial charge in [-0.15, -0.1) is 0 Å². The van der Waals surface area contributed by atoms with Gasteiger partial charge in [-0.05, 0) is 80.6 Å². The highest BCUT2D eigenvalue weighted by atomic mass is 16.2. The van der Waals surface area contributed by atoms with Crippen LogP contribution in [0.15, 0.2) is 53.6 Å². The smallest absolute Gasteiger partial charge is 0.271 e. The predicted molar refractivity (Wildman–Crippen MR) is 123 cm³/mol. The maximum absolute atomic E-state index is 12.4. The molecule has 2 aromatic rings. The van der Waals surface area contributed by atoms with Crippen LogP contribution < -0.4 is 10.3 Å². The summed E-state index contributed by atoms with van der Waals surface area (Å²) in [4.78, 5) is 17.3. The average molecular weight is 405 g/mol. The summed E-state index contributed by atoms with van der Waals surface area (Å²) in [5.74, 6) is -0.180. The number of hydrogen-bond acceptors (Lipinski definition) is 4. The number of amides is 1. The number of likely N-dealkylation sites (tertiary alicyclic amines) is 1. The Bertz CT molecular complexity index is 832. The molecular formula is C25H32N4O. The SMILES string of the molecule is O=C(N/N=C/c1ccc(N2CCCCC2)cc1)c1ccc(CN2CCCCC2)cc1. The van der Waals surface area contributed by atoms with Gasteiger partial charge in [0.1, 0.15) is 0 Å². The van der Waals surface area contributed by atoms with Crippen LogP contribution in [0.1, 0.15) is 60.0 Å². The Morgan fingerprint density at radius 3 is 2.13 bits per heavy atom. The van der Waals surface area contributed by atoms with E-state index in [1.807, 2.05) is 24.3 Å². The van der Waals surface area contributed by atoms with E-state index in [2.05, 4.69) is 44.6 Å². The Morgan fingerprint density at radius 2 is 1.47 bits per heavy atom. The predicted octanol–water partition coefficient (Wildman–Crippen LogP) is 4.43. The molecule has 2 heterocycles. The zero-order valence-corrected chi connectivity index (χ0v) is 17.7. The molecule has 5 nitrogen and oxygen atoms in total. The standard InChI is InChI=1S/C25H32N4O/c30-25(23-11-7-22(8-12-23)20-28-15-3-1-4-16-28)27-26-19-21-9-13-24(14-10-21)29-17-5-2-6-18-29/h7-14,19H,1-6,15-18,20H2,(H,27,30)/b26-19+. The summed E-state index contributed by atoms with van der Waals surface area (Å²) in [7, 11) is 0. The summed E-state index contributed by atoms with van der Waals surface area (Å²) < 4.78 is 0. The number of nitrogens with zero attached hydrogens (tertiary/aromatic N) is 3. The number of carbonyl (C=O) groups is 1. The molecule has 0 bridgehead atoms. The molecule has 2 aromatic carbocycles. The van der Waals surface area contributed by atoms with E-state index in [0.717, 1.165) is 25.2 Å². The number of nitrogens with one attached hydrogen (secondary N) is 1. The molecule has 0 atom stereocenters. The Kier molecular flexibility index (Phi) is 7.14. The van der Waals surface area contributed by atoms with Crippen molar-refractivity contribution in [1.82, 2.24) is 10.3 Å². The largest absolute Gasteiger partial charge is 0.372 e. The first-order valence-corrected chi connectivity index (χ1v) is 11.3. The number of rotatable bonds is 6. The van der Waals surface area contributed by atoms with Crippen molar-refractivity contribution in [2.75, 3.05) is 31.1 Å². The lowest BCUT2D eigenvalue weighted by Gasteiger charge is -2.28. The second-order valence-corrected chi connectivity index (χ2v) is 8.37. The van der Waals surface area contributed by atoms with Gasteiger partial charge < -0.3 is 4.90 Å². The molecule has 2 saturated heterocycles. The molecule has 30 heavy (non-hydrogen) atoms.